The van der Waals surface area contributed by atoms with Gasteiger partial charge in [0.1, 0.15) is 34.1 Å². The van der Waals surface area contributed by atoms with Gasteiger partial charge in [-0.2, -0.15) is 0 Å². The Morgan fingerprint density at radius 2 is 1.87 bits per heavy atom. The van der Waals surface area contributed by atoms with E-state index in [1.54, 1.807) is 48.2 Å². The molecule has 0 unspecified atom stereocenters. The molecule has 45 heavy (non-hydrogen) atoms. The number of nitrogens with zero attached hydrogens (tertiary/aromatic N) is 4. The zero-order chi connectivity index (χ0) is 32.6. The SMILES string of the molecule is CCN(CC)C(=O)C1=C(C)N=c2s/c(=C/c3ccc(-c4cc(Cl)c([N+](=O)[O-])cc4Cl)o3)c(=O)n2[C@H]1c1cc(OC)ccc1OC. The summed E-state index contributed by atoms with van der Waals surface area (Å²) in [5, 5.41) is 11.2. The lowest BCUT2D eigenvalue weighted by atomic mass is 9.93. The molecule has 5 rings (SSSR count). The van der Waals surface area contributed by atoms with Gasteiger partial charge >= 0.3 is 0 Å². The van der Waals surface area contributed by atoms with E-state index < -0.39 is 11.0 Å². The highest BCUT2D eigenvalue weighted by Crippen LogP contribution is 2.39. The Balaban J connectivity index is 1.68. The van der Waals surface area contributed by atoms with E-state index in [4.69, 9.17) is 42.1 Å². The zero-order valence-electron chi connectivity index (χ0n) is 24.9. The Labute approximate surface area is 271 Å². The molecule has 3 heterocycles. The second kappa shape index (κ2) is 12.9. The van der Waals surface area contributed by atoms with E-state index in [9.17, 15) is 19.7 Å². The van der Waals surface area contributed by atoms with Crippen LogP contribution >= 0.6 is 34.5 Å². The average Bonchev–Trinajstić information content (AvgIpc) is 3.61. The second-order valence-corrected chi connectivity index (χ2v) is 11.7. The number of nitro groups is 1. The molecule has 1 aliphatic heterocycles. The molecule has 1 aliphatic rings. The standard InChI is InChI=1S/C31H28Cl2N4O7S/c1-6-35(7-2)30(39)27-16(3)34-31-36(28(27)20-12-17(42-4)8-10-24(20)43-5)29(38)26(45-31)13-18-9-11-25(44-18)19-14-22(33)23(37(40)41)15-21(19)32/h8-15,28H,6-7H2,1-5H3/b26-13+/t28-/m0/s1. The highest BCUT2D eigenvalue weighted by Gasteiger charge is 2.36. The summed E-state index contributed by atoms with van der Waals surface area (Å²) < 4.78 is 18.9. The summed E-state index contributed by atoms with van der Waals surface area (Å²) in [6.45, 7) is 6.49. The largest absolute Gasteiger partial charge is 0.497 e. The summed E-state index contributed by atoms with van der Waals surface area (Å²) in [6, 6.07) is 10.2. The van der Waals surface area contributed by atoms with E-state index in [2.05, 4.69) is 0 Å². The van der Waals surface area contributed by atoms with Gasteiger partial charge in [-0.3, -0.25) is 24.3 Å². The molecule has 0 saturated carbocycles. The number of halogens is 2. The van der Waals surface area contributed by atoms with Crippen molar-refractivity contribution >= 4 is 52.2 Å². The first kappa shape index (κ1) is 32.0. The lowest BCUT2D eigenvalue weighted by molar-refractivity contribution is -0.384. The van der Waals surface area contributed by atoms with Crippen LogP contribution in [0.2, 0.25) is 10.0 Å². The van der Waals surface area contributed by atoms with Gasteiger partial charge in [0.2, 0.25) is 0 Å². The number of carbonyl (C=O) groups is 1. The van der Waals surface area contributed by atoms with Crippen LogP contribution in [-0.2, 0) is 4.79 Å². The summed E-state index contributed by atoms with van der Waals surface area (Å²) in [4.78, 5) is 45.4. The van der Waals surface area contributed by atoms with Crippen molar-refractivity contribution < 1.29 is 23.6 Å². The average molecular weight is 672 g/mol. The van der Waals surface area contributed by atoms with Crippen LogP contribution < -0.4 is 24.4 Å². The number of hydrogen-bond donors (Lipinski definition) is 0. The molecule has 2 aromatic heterocycles. The van der Waals surface area contributed by atoms with Crippen molar-refractivity contribution in [2.45, 2.75) is 26.8 Å². The van der Waals surface area contributed by atoms with Crippen molar-refractivity contribution in [1.29, 1.82) is 0 Å². The number of furan rings is 1. The maximum absolute atomic E-state index is 14.1. The van der Waals surface area contributed by atoms with Crippen molar-refractivity contribution in [1.82, 2.24) is 9.47 Å². The van der Waals surface area contributed by atoms with Gasteiger partial charge in [-0.25, -0.2) is 4.99 Å². The van der Waals surface area contributed by atoms with E-state index >= 15 is 0 Å². The fourth-order valence-corrected chi connectivity index (χ4v) is 6.70. The normalized spacial score (nSPS) is 14.6. The first-order valence-electron chi connectivity index (χ1n) is 13.8. The Hall–Kier alpha value is -4.39. The van der Waals surface area contributed by atoms with Crippen LogP contribution in [0.5, 0.6) is 11.5 Å². The Morgan fingerprint density at radius 3 is 2.51 bits per heavy atom. The Bertz CT molecular complexity index is 2040. The predicted molar refractivity (Wildman–Crippen MR) is 172 cm³/mol. The summed E-state index contributed by atoms with van der Waals surface area (Å²) in [5.74, 6) is 1.40. The monoisotopic (exact) mass is 670 g/mol. The topological polar surface area (TPSA) is 129 Å². The third-order valence-corrected chi connectivity index (χ3v) is 9.03. The van der Waals surface area contributed by atoms with Gasteiger partial charge in [-0.15, -0.1) is 0 Å². The number of benzene rings is 2. The molecule has 0 bridgehead atoms. The van der Waals surface area contributed by atoms with Crippen molar-refractivity contribution in [3.63, 3.8) is 0 Å². The molecule has 11 nitrogen and oxygen atoms in total. The van der Waals surface area contributed by atoms with E-state index in [1.165, 1.54) is 24.9 Å². The van der Waals surface area contributed by atoms with Crippen LogP contribution in [0.15, 0.2) is 67.9 Å². The quantitative estimate of drug-likeness (QED) is 0.167. The number of nitro benzene ring substituents is 1. The number of methoxy groups -OCH3 is 2. The molecular formula is C31H28Cl2N4O7S. The van der Waals surface area contributed by atoms with Gasteiger partial charge in [-0.1, -0.05) is 34.5 Å². The fourth-order valence-electron chi connectivity index (χ4n) is 5.19. The van der Waals surface area contributed by atoms with E-state index in [0.717, 1.165) is 17.4 Å². The first-order chi connectivity index (χ1) is 21.5. The van der Waals surface area contributed by atoms with Crippen LogP contribution in [0.3, 0.4) is 0 Å². The van der Waals surface area contributed by atoms with Gasteiger partial charge in [0.15, 0.2) is 4.80 Å². The molecule has 1 amide bonds. The molecule has 0 radical (unpaired) electrons. The highest BCUT2D eigenvalue weighted by atomic mass is 35.5. The summed E-state index contributed by atoms with van der Waals surface area (Å²) in [5.41, 5.74) is 1.05. The fraction of sp³-hybridized carbons (Fsp3) is 0.258. The molecule has 0 N–H and O–H groups in total. The zero-order valence-corrected chi connectivity index (χ0v) is 27.2. The molecule has 0 saturated heterocycles. The second-order valence-electron chi connectivity index (χ2n) is 9.91. The number of likely N-dealkylation sites (N-methyl/N-ethyl adjacent to an activating group) is 1. The van der Waals surface area contributed by atoms with Crippen LogP contribution in [0.4, 0.5) is 5.69 Å². The first-order valence-corrected chi connectivity index (χ1v) is 15.4. The maximum Gasteiger partial charge on any atom is 0.289 e. The van der Waals surface area contributed by atoms with E-state index in [-0.39, 0.29) is 27.2 Å². The smallest absolute Gasteiger partial charge is 0.289 e. The third kappa shape index (κ3) is 5.88. The molecule has 4 aromatic rings. The summed E-state index contributed by atoms with van der Waals surface area (Å²) in [7, 11) is 3.06. The number of carbonyl (C=O) groups excluding carboxylic acids is 1. The Morgan fingerprint density at radius 1 is 1.13 bits per heavy atom. The number of thiazole rings is 1. The number of fused-ring (bicyclic) bond motifs is 1. The van der Waals surface area contributed by atoms with Crippen molar-refractivity contribution in [3.05, 3.63) is 105 Å². The van der Waals surface area contributed by atoms with Gasteiger partial charge < -0.3 is 18.8 Å². The van der Waals surface area contributed by atoms with Gasteiger partial charge in [0.25, 0.3) is 17.2 Å². The third-order valence-electron chi connectivity index (χ3n) is 7.43. The van der Waals surface area contributed by atoms with Crippen molar-refractivity contribution in [2.24, 2.45) is 4.99 Å². The molecular weight excluding hydrogens is 643 g/mol. The highest BCUT2D eigenvalue weighted by molar-refractivity contribution is 7.07. The molecule has 0 spiro atoms. The number of amides is 1. The van der Waals surface area contributed by atoms with Crippen LogP contribution in [0.25, 0.3) is 17.4 Å². The predicted octanol–water partition coefficient (Wildman–Crippen LogP) is 5.60. The number of aromatic nitrogens is 1. The minimum atomic E-state index is -0.852. The van der Waals surface area contributed by atoms with E-state index in [0.29, 0.717) is 67.8 Å². The summed E-state index contributed by atoms with van der Waals surface area (Å²) in [6.07, 6.45) is 1.57. The molecule has 0 fully saturated rings. The molecule has 1 atom stereocenters. The minimum absolute atomic E-state index is 0.0829. The number of allylic oxidation sites excluding steroid dienone is 1. The van der Waals surface area contributed by atoms with Gasteiger partial charge in [0.05, 0.1) is 40.0 Å². The lowest BCUT2D eigenvalue weighted by Crippen LogP contribution is -2.43. The van der Waals surface area contributed by atoms with Crippen LogP contribution in [-0.4, -0.2) is 47.6 Å². The lowest BCUT2D eigenvalue weighted by Gasteiger charge is -2.30. The molecule has 234 valence electrons. The van der Waals surface area contributed by atoms with E-state index in [1.807, 2.05) is 13.8 Å². The number of hydrogen-bond acceptors (Lipinski definition) is 9. The van der Waals surface area contributed by atoms with Crippen LogP contribution in [0.1, 0.15) is 38.1 Å². The number of ether oxygens (including phenoxy) is 2. The van der Waals surface area contributed by atoms with Crippen LogP contribution in [0, 0.1) is 10.1 Å². The minimum Gasteiger partial charge on any atom is -0.497 e. The van der Waals surface area contributed by atoms with Gasteiger partial charge in [-0.05, 0) is 57.2 Å². The molecule has 14 heteroatoms. The molecule has 0 aliphatic carbocycles. The number of rotatable bonds is 9. The van der Waals surface area contributed by atoms with Gasteiger partial charge in [0, 0.05) is 36.4 Å². The Kier molecular flexibility index (Phi) is 9.19. The summed E-state index contributed by atoms with van der Waals surface area (Å²) >= 11 is 13.6. The maximum atomic E-state index is 14.1. The molecule has 2 aromatic carbocycles. The van der Waals surface area contributed by atoms with Crippen molar-refractivity contribution in [3.8, 4) is 22.8 Å². The van der Waals surface area contributed by atoms with Crippen molar-refractivity contribution in [2.75, 3.05) is 27.3 Å².